The van der Waals surface area contributed by atoms with Crippen LogP contribution in [-0.4, -0.2) is 38.7 Å². The lowest BCUT2D eigenvalue weighted by atomic mass is 10.2. The number of benzene rings is 1. The van der Waals surface area contributed by atoms with Gasteiger partial charge in [-0.15, -0.1) is 11.3 Å². The molecule has 0 saturated heterocycles. The van der Waals surface area contributed by atoms with Crippen LogP contribution in [0.3, 0.4) is 0 Å². The number of anilines is 1. The molecule has 6 nitrogen and oxygen atoms in total. The van der Waals surface area contributed by atoms with Gasteiger partial charge in [0.25, 0.3) is 5.91 Å². The highest BCUT2D eigenvalue weighted by atomic mass is 32.2. The van der Waals surface area contributed by atoms with E-state index < -0.39 is 34.4 Å². The van der Waals surface area contributed by atoms with Gasteiger partial charge in [-0.25, -0.2) is 13.2 Å². The number of hydrogen-bond donors (Lipinski definition) is 0. The molecule has 3 rings (SSSR count). The molecule has 0 fully saturated rings. The van der Waals surface area contributed by atoms with Crippen LogP contribution in [0.25, 0.3) is 0 Å². The van der Waals surface area contributed by atoms with Gasteiger partial charge in [0.15, 0.2) is 16.4 Å². The largest absolute Gasteiger partial charge is 0.451 e. The Hall–Kier alpha value is -2.45. The average molecular weight is 391 g/mol. The highest BCUT2D eigenvalue weighted by molar-refractivity contribution is 7.94. The van der Waals surface area contributed by atoms with Gasteiger partial charge in [0.2, 0.25) is 0 Å². The van der Waals surface area contributed by atoms with Gasteiger partial charge >= 0.3 is 5.97 Å². The highest BCUT2D eigenvalue weighted by Crippen LogP contribution is 2.23. The standard InChI is InChI=1S/C18H17NO5S2/c1-13-7-9-25-17(13)18(21)24-11-16(20)19(14-5-3-2-4-6-14)15-8-10-26(22,23)12-15/h2-10,15H,11-12H2,1H3/t15-/m1/s1. The fourth-order valence-electron chi connectivity index (χ4n) is 2.67. The maximum absolute atomic E-state index is 12.7. The van der Waals surface area contributed by atoms with Crippen molar-refractivity contribution in [2.75, 3.05) is 17.3 Å². The van der Waals surface area contributed by atoms with Gasteiger partial charge in [0.1, 0.15) is 4.88 Å². The molecule has 1 amide bonds. The third kappa shape index (κ3) is 4.03. The summed E-state index contributed by atoms with van der Waals surface area (Å²) in [6, 6.07) is 9.90. The summed E-state index contributed by atoms with van der Waals surface area (Å²) < 4.78 is 28.6. The summed E-state index contributed by atoms with van der Waals surface area (Å²) in [5.74, 6) is -1.23. The number of para-hydroxylation sites is 1. The van der Waals surface area contributed by atoms with Crippen molar-refractivity contribution < 1.29 is 22.7 Å². The summed E-state index contributed by atoms with van der Waals surface area (Å²) in [4.78, 5) is 26.7. The Morgan fingerprint density at radius 3 is 2.54 bits per heavy atom. The Morgan fingerprint density at radius 2 is 1.96 bits per heavy atom. The van der Waals surface area contributed by atoms with E-state index in [1.807, 2.05) is 0 Å². The second kappa shape index (κ2) is 7.43. The third-order valence-corrected chi connectivity index (χ3v) is 6.29. The van der Waals surface area contributed by atoms with E-state index in [0.29, 0.717) is 10.6 Å². The maximum Gasteiger partial charge on any atom is 0.349 e. The van der Waals surface area contributed by atoms with Crippen molar-refractivity contribution in [3.05, 3.63) is 63.7 Å². The molecule has 1 atom stereocenters. The van der Waals surface area contributed by atoms with Gasteiger partial charge in [0, 0.05) is 11.1 Å². The molecule has 2 aromatic rings. The smallest absolute Gasteiger partial charge is 0.349 e. The summed E-state index contributed by atoms with van der Waals surface area (Å²) >= 11 is 1.25. The Kier molecular flexibility index (Phi) is 5.24. The molecular formula is C18H17NO5S2. The number of aryl methyl sites for hydroxylation is 1. The monoisotopic (exact) mass is 391 g/mol. The topological polar surface area (TPSA) is 80.8 Å². The number of amides is 1. The van der Waals surface area contributed by atoms with Crippen LogP contribution < -0.4 is 4.90 Å². The van der Waals surface area contributed by atoms with E-state index in [2.05, 4.69) is 0 Å². The van der Waals surface area contributed by atoms with Gasteiger partial charge in [-0.05, 0) is 42.1 Å². The van der Waals surface area contributed by atoms with Crippen LogP contribution in [0.2, 0.25) is 0 Å². The van der Waals surface area contributed by atoms with Gasteiger partial charge in [-0.1, -0.05) is 18.2 Å². The summed E-state index contributed by atoms with van der Waals surface area (Å²) in [5, 5.41) is 2.89. The number of rotatable bonds is 5. The van der Waals surface area contributed by atoms with Crippen LogP contribution >= 0.6 is 11.3 Å². The molecule has 8 heteroatoms. The zero-order valence-corrected chi connectivity index (χ0v) is 15.6. The van der Waals surface area contributed by atoms with Gasteiger partial charge in [-0.3, -0.25) is 4.79 Å². The Morgan fingerprint density at radius 1 is 1.23 bits per heavy atom. The lowest BCUT2D eigenvalue weighted by molar-refractivity contribution is -0.121. The zero-order chi connectivity index (χ0) is 18.7. The normalized spacial score (nSPS) is 17.8. The molecular weight excluding hydrogens is 374 g/mol. The number of thiophene rings is 1. The third-order valence-electron chi connectivity index (χ3n) is 3.92. The second-order valence-corrected chi connectivity index (χ2v) is 8.68. The molecule has 1 aromatic carbocycles. The number of carbonyl (C=O) groups excluding carboxylic acids is 2. The number of ether oxygens (including phenoxy) is 1. The Labute approximate surface area is 155 Å². The molecule has 0 saturated carbocycles. The first-order valence-corrected chi connectivity index (χ1v) is 10.5. The van der Waals surface area contributed by atoms with E-state index in [1.54, 1.807) is 48.7 Å². The van der Waals surface area contributed by atoms with Crippen molar-refractivity contribution in [1.82, 2.24) is 0 Å². The predicted octanol–water partition coefficient (Wildman–Crippen LogP) is 2.56. The summed E-state index contributed by atoms with van der Waals surface area (Å²) in [5.41, 5.74) is 1.34. The summed E-state index contributed by atoms with van der Waals surface area (Å²) in [6.07, 6.45) is 1.48. The van der Waals surface area contributed by atoms with Crippen LogP contribution in [0.4, 0.5) is 5.69 Å². The van der Waals surface area contributed by atoms with Crippen molar-refractivity contribution in [3.63, 3.8) is 0 Å². The highest BCUT2D eigenvalue weighted by Gasteiger charge is 2.32. The maximum atomic E-state index is 12.7. The lowest BCUT2D eigenvalue weighted by Crippen LogP contribution is -2.43. The Bertz CT molecular complexity index is 947. The SMILES string of the molecule is Cc1ccsc1C(=O)OCC(=O)N(c1ccccc1)[C@@H]1C=CS(=O)(=O)C1. The lowest BCUT2D eigenvalue weighted by Gasteiger charge is -2.27. The minimum Gasteiger partial charge on any atom is -0.451 e. The molecule has 26 heavy (non-hydrogen) atoms. The number of sulfone groups is 1. The summed E-state index contributed by atoms with van der Waals surface area (Å²) in [7, 11) is -3.33. The molecule has 0 N–H and O–H groups in total. The molecule has 2 heterocycles. The first-order chi connectivity index (χ1) is 12.4. The predicted molar refractivity (Wildman–Crippen MR) is 100.0 cm³/mol. The van der Waals surface area contributed by atoms with E-state index in [0.717, 1.165) is 11.0 Å². The first-order valence-electron chi connectivity index (χ1n) is 7.87. The van der Waals surface area contributed by atoms with Crippen LogP contribution in [0, 0.1) is 6.92 Å². The quantitative estimate of drug-likeness (QED) is 0.732. The number of hydrogen-bond acceptors (Lipinski definition) is 6. The minimum atomic E-state index is -3.33. The number of esters is 1. The van der Waals surface area contributed by atoms with Gasteiger partial charge < -0.3 is 9.64 Å². The minimum absolute atomic E-state index is 0.189. The van der Waals surface area contributed by atoms with E-state index >= 15 is 0 Å². The van der Waals surface area contributed by atoms with Gasteiger partial charge in [-0.2, -0.15) is 0 Å². The average Bonchev–Trinajstić information content (AvgIpc) is 3.19. The van der Waals surface area contributed by atoms with Crippen LogP contribution in [0.5, 0.6) is 0 Å². The molecule has 1 aliphatic heterocycles. The first kappa shape index (κ1) is 18.3. The van der Waals surface area contributed by atoms with Crippen molar-refractivity contribution >= 4 is 38.7 Å². The fraction of sp³-hybridized carbons (Fsp3) is 0.222. The Balaban J connectivity index is 1.77. The van der Waals surface area contributed by atoms with Crippen molar-refractivity contribution in [1.29, 1.82) is 0 Å². The molecule has 0 bridgehead atoms. The fourth-order valence-corrected chi connectivity index (χ4v) is 4.76. The second-order valence-electron chi connectivity index (χ2n) is 5.83. The van der Waals surface area contributed by atoms with Crippen LogP contribution in [-0.2, 0) is 19.4 Å². The van der Waals surface area contributed by atoms with Crippen molar-refractivity contribution in [3.8, 4) is 0 Å². The molecule has 0 aliphatic carbocycles. The van der Waals surface area contributed by atoms with Crippen LogP contribution in [0.1, 0.15) is 15.2 Å². The van der Waals surface area contributed by atoms with E-state index in [4.69, 9.17) is 4.74 Å². The van der Waals surface area contributed by atoms with E-state index in [-0.39, 0.29) is 5.75 Å². The van der Waals surface area contributed by atoms with Crippen molar-refractivity contribution in [2.45, 2.75) is 13.0 Å². The molecule has 1 aliphatic rings. The molecule has 0 radical (unpaired) electrons. The summed E-state index contributed by atoms with van der Waals surface area (Å²) in [6.45, 7) is 1.33. The number of carbonyl (C=O) groups is 2. The van der Waals surface area contributed by atoms with E-state index in [9.17, 15) is 18.0 Å². The van der Waals surface area contributed by atoms with Gasteiger partial charge in [0.05, 0.1) is 11.8 Å². The van der Waals surface area contributed by atoms with E-state index in [1.165, 1.54) is 22.3 Å². The molecule has 0 unspecified atom stereocenters. The number of nitrogens with zero attached hydrogens (tertiary/aromatic N) is 1. The zero-order valence-electron chi connectivity index (χ0n) is 14.0. The molecule has 1 aromatic heterocycles. The van der Waals surface area contributed by atoms with Crippen LogP contribution in [0.15, 0.2) is 53.3 Å². The van der Waals surface area contributed by atoms with Crippen molar-refractivity contribution in [2.24, 2.45) is 0 Å². The molecule has 0 spiro atoms. The molecule has 136 valence electrons.